The molecule has 1 aliphatic rings. The van der Waals surface area contributed by atoms with E-state index in [-0.39, 0.29) is 18.0 Å². The van der Waals surface area contributed by atoms with Crippen LogP contribution in [-0.2, 0) is 11.2 Å². The van der Waals surface area contributed by atoms with E-state index in [2.05, 4.69) is 10.6 Å². The third kappa shape index (κ3) is 5.04. The Bertz CT molecular complexity index is 499. The SMILES string of the molecule is NC(Cc1ccccc1)C(=O)NC1CCC(NC(=O)O)CC1. The summed E-state index contributed by atoms with van der Waals surface area (Å²) in [6.45, 7) is 0. The Morgan fingerprint density at radius 2 is 1.64 bits per heavy atom. The molecule has 0 spiro atoms. The van der Waals surface area contributed by atoms with E-state index >= 15 is 0 Å². The second kappa shape index (κ2) is 7.79. The molecule has 1 atom stereocenters. The van der Waals surface area contributed by atoms with Gasteiger partial charge in [0.25, 0.3) is 0 Å². The van der Waals surface area contributed by atoms with Gasteiger partial charge in [-0.2, -0.15) is 0 Å². The predicted octanol–water partition coefficient (Wildman–Crippen LogP) is 1.25. The summed E-state index contributed by atoms with van der Waals surface area (Å²) in [5.41, 5.74) is 7.00. The number of hydrogen-bond donors (Lipinski definition) is 4. The Morgan fingerprint density at radius 1 is 1.09 bits per heavy atom. The molecule has 2 rings (SSSR count). The molecule has 0 aliphatic heterocycles. The fourth-order valence-corrected chi connectivity index (χ4v) is 2.83. The first kappa shape index (κ1) is 16.3. The average molecular weight is 305 g/mol. The van der Waals surface area contributed by atoms with Gasteiger partial charge in [-0.05, 0) is 37.7 Å². The van der Waals surface area contributed by atoms with Crippen LogP contribution in [0.5, 0.6) is 0 Å². The molecule has 5 N–H and O–H groups in total. The van der Waals surface area contributed by atoms with Crippen molar-refractivity contribution in [3.63, 3.8) is 0 Å². The fraction of sp³-hybridized carbons (Fsp3) is 0.500. The highest BCUT2D eigenvalue weighted by atomic mass is 16.4. The van der Waals surface area contributed by atoms with Gasteiger partial charge in [-0.25, -0.2) is 4.79 Å². The van der Waals surface area contributed by atoms with E-state index in [9.17, 15) is 9.59 Å². The predicted molar refractivity (Wildman–Crippen MR) is 83.5 cm³/mol. The fourth-order valence-electron chi connectivity index (χ4n) is 2.83. The molecule has 22 heavy (non-hydrogen) atoms. The monoisotopic (exact) mass is 305 g/mol. The van der Waals surface area contributed by atoms with Crippen LogP contribution >= 0.6 is 0 Å². The van der Waals surface area contributed by atoms with Crippen molar-refractivity contribution < 1.29 is 14.7 Å². The van der Waals surface area contributed by atoms with Crippen molar-refractivity contribution in [1.82, 2.24) is 10.6 Å². The molecule has 1 aliphatic carbocycles. The Kier molecular flexibility index (Phi) is 5.77. The van der Waals surface area contributed by atoms with E-state index in [1.165, 1.54) is 0 Å². The molecule has 0 heterocycles. The van der Waals surface area contributed by atoms with Gasteiger partial charge in [0.15, 0.2) is 0 Å². The molecule has 6 nitrogen and oxygen atoms in total. The quantitative estimate of drug-likeness (QED) is 0.657. The van der Waals surface area contributed by atoms with E-state index in [0.29, 0.717) is 6.42 Å². The minimum atomic E-state index is -0.989. The molecule has 6 heteroatoms. The summed E-state index contributed by atoms with van der Waals surface area (Å²) in [7, 11) is 0. The van der Waals surface area contributed by atoms with Gasteiger partial charge in [-0.1, -0.05) is 30.3 Å². The molecule has 1 aromatic rings. The maximum Gasteiger partial charge on any atom is 0.404 e. The van der Waals surface area contributed by atoms with Gasteiger partial charge in [0, 0.05) is 12.1 Å². The highest BCUT2D eigenvalue weighted by Gasteiger charge is 2.25. The second-order valence-electron chi connectivity index (χ2n) is 5.80. The highest BCUT2D eigenvalue weighted by molar-refractivity contribution is 5.82. The number of benzene rings is 1. The lowest BCUT2D eigenvalue weighted by molar-refractivity contribution is -0.123. The topological polar surface area (TPSA) is 104 Å². The molecular weight excluding hydrogens is 282 g/mol. The molecule has 1 unspecified atom stereocenters. The number of carboxylic acid groups (broad SMARTS) is 1. The van der Waals surface area contributed by atoms with Crippen molar-refractivity contribution in [3.8, 4) is 0 Å². The van der Waals surface area contributed by atoms with Crippen molar-refractivity contribution in [2.24, 2.45) is 5.73 Å². The zero-order valence-corrected chi connectivity index (χ0v) is 12.5. The minimum absolute atomic E-state index is 0.0105. The van der Waals surface area contributed by atoms with Crippen molar-refractivity contribution in [1.29, 1.82) is 0 Å². The third-order valence-corrected chi connectivity index (χ3v) is 4.04. The number of carbonyl (C=O) groups is 2. The number of nitrogens with two attached hydrogens (primary N) is 1. The van der Waals surface area contributed by atoms with Crippen LogP contribution in [-0.4, -0.2) is 35.2 Å². The van der Waals surface area contributed by atoms with Gasteiger partial charge in [0.2, 0.25) is 5.91 Å². The summed E-state index contributed by atoms with van der Waals surface area (Å²) in [6, 6.07) is 9.21. The molecule has 1 saturated carbocycles. The largest absolute Gasteiger partial charge is 0.465 e. The van der Waals surface area contributed by atoms with Crippen molar-refractivity contribution in [3.05, 3.63) is 35.9 Å². The lowest BCUT2D eigenvalue weighted by Crippen LogP contribution is -2.49. The van der Waals surface area contributed by atoms with Crippen LogP contribution in [0.25, 0.3) is 0 Å². The van der Waals surface area contributed by atoms with Gasteiger partial charge in [-0.15, -0.1) is 0 Å². The van der Waals surface area contributed by atoms with Crippen LogP contribution in [0.2, 0.25) is 0 Å². The number of nitrogens with one attached hydrogen (secondary N) is 2. The van der Waals surface area contributed by atoms with Crippen LogP contribution in [0.3, 0.4) is 0 Å². The van der Waals surface area contributed by atoms with E-state index in [0.717, 1.165) is 31.2 Å². The van der Waals surface area contributed by atoms with Crippen LogP contribution in [0.4, 0.5) is 4.79 Å². The number of hydrogen-bond acceptors (Lipinski definition) is 3. The zero-order valence-electron chi connectivity index (χ0n) is 12.5. The van der Waals surface area contributed by atoms with Crippen molar-refractivity contribution >= 4 is 12.0 Å². The van der Waals surface area contributed by atoms with Crippen LogP contribution in [0.15, 0.2) is 30.3 Å². The Morgan fingerprint density at radius 3 is 2.18 bits per heavy atom. The van der Waals surface area contributed by atoms with Crippen molar-refractivity contribution in [2.45, 2.75) is 50.2 Å². The molecular formula is C16H23N3O3. The lowest BCUT2D eigenvalue weighted by Gasteiger charge is -2.29. The first-order chi connectivity index (χ1) is 10.5. The summed E-state index contributed by atoms with van der Waals surface area (Å²) >= 11 is 0. The van der Waals surface area contributed by atoms with Gasteiger partial charge in [-0.3, -0.25) is 4.79 Å². The Labute approximate surface area is 130 Å². The highest BCUT2D eigenvalue weighted by Crippen LogP contribution is 2.18. The minimum Gasteiger partial charge on any atom is -0.465 e. The van der Waals surface area contributed by atoms with Crippen molar-refractivity contribution in [2.75, 3.05) is 0 Å². The average Bonchev–Trinajstić information content (AvgIpc) is 2.49. The number of carbonyl (C=O) groups excluding carboxylic acids is 1. The van der Waals surface area contributed by atoms with E-state index in [4.69, 9.17) is 10.8 Å². The molecule has 0 radical (unpaired) electrons. The smallest absolute Gasteiger partial charge is 0.404 e. The zero-order chi connectivity index (χ0) is 15.9. The standard InChI is InChI=1S/C16H23N3O3/c17-14(10-11-4-2-1-3-5-11)15(20)18-12-6-8-13(9-7-12)19-16(21)22/h1-5,12-14,19H,6-10,17H2,(H,18,20)(H,21,22). The maximum absolute atomic E-state index is 12.1. The molecule has 0 aromatic heterocycles. The van der Waals surface area contributed by atoms with Crippen LogP contribution in [0.1, 0.15) is 31.2 Å². The first-order valence-electron chi connectivity index (χ1n) is 7.64. The summed E-state index contributed by atoms with van der Waals surface area (Å²) in [4.78, 5) is 22.7. The van der Waals surface area contributed by atoms with E-state index in [1.807, 2.05) is 30.3 Å². The molecule has 1 aromatic carbocycles. The molecule has 1 fully saturated rings. The summed E-state index contributed by atoms with van der Waals surface area (Å²) in [6.07, 6.45) is 2.56. The summed E-state index contributed by atoms with van der Waals surface area (Å²) < 4.78 is 0. The van der Waals surface area contributed by atoms with Gasteiger partial charge in [0.05, 0.1) is 6.04 Å². The molecule has 0 saturated heterocycles. The first-order valence-corrected chi connectivity index (χ1v) is 7.64. The molecule has 120 valence electrons. The molecule has 2 amide bonds. The van der Waals surface area contributed by atoms with Crippen LogP contribution in [0, 0.1) is 0 Å². The van der Waals surface area contributed by atoms with E-state index in [1.54, 1.807) is 0 Å². The number of amides is 2. The summed E-state index contributed by atoms with van der Waals surface area (Å²) in [5.74, 6) is -0.140. The Balaban J connectivity index is 1.74. The van der Waals surface area contributed by atoms with Gasteiger partial charge < -0.3 is 21.5 Å². The lowest BCUT2D eigenvalue weighted by atomic mass is 9.91. The van der Waals surface area contributed by atoms with Gasteiger partial charge >= 0.3 is 6.09 Å². The summed E-state index contributed by atoms with van der Waals surface area (Å²) in [5, 5.41) is 14.2. The van der Waals surface area contributed by atoms with Crippen LogP contribution < -0.4 is 16.4 Å². The maximum atomic E-state index is 12.1. The molecule has 0 bridgehead atoms. The van der Waals surface area contributed by atoms with Gasteiger partial charge in [0.1, 0.15) is 0 Å². The Hall–Kier alpha value is -2.08. The normalized spacial score (nSPS) is 22.6. The second-order valence-corrected chi connectivity index (χ2v) is 5.80. The van der Waals surface area contributed by atoms with E-state index < -0.39 is 12.1 Å². The third-order valence-electron chi connectivity index (χ3n) is 4.04. The number of rotatable bonds is 5.